The SMILES string of the molecule is CC[Si](CC)(CC)OCC(C)[C@H]1CC[C@H]2C(=O)CCC[C@]12C. The summed E-state index contributed by atoms with van der Waals surface area (Å²) in [6.45, 7) is 12.6. The normalized spacial score (nSPS) is 33.8. The quantitative estimate of drug-likeness (QED) is 0.584. The highest BCUT2D eigenvalue weighted by molar-refractivity contribution is 6.73. The van der Waals surface area contributed by atoms with E-state index in [1.807, 2.05) is 0 Å². The summed E-state index contributed by atoms with van der Waals surface area (Å²) in [5.41, 5.74) is 0.257. The largest absolute Gasteiger partial charge is 0.417 e. The number of hydrogen-bond donors (Lipinski definition) is 0. The minimum Gasteiger partial charge on any atom is -0.417 e. The molecule has 2 fully saturated rings. The van der Waals surface area contributed by atoms with Gasteiger partial charge in [0.15, 0.2) is 8.32 Å². The fraction of sp³-hybridized carbons (Fsp3) is 0.947. The Hall–Kier alpha value is -0.153. The molecule has 0 amide bonds. The minimum absolute atomic E-state index is 0.257. The predicted molar refractivity (Wildman–Crippen MR) is 95.5 cm³/mol. The van der Waals surface area contributed by atoms with Crippen molar-refractivity contribution in [2.45, 2.75) is 84.9 Å². The second kappa shape index (κ2) is 7.17. The first-order valence-electron chi connectivity index (χ1n) is 9.59. The molecule has 2 aliphatic rings. The number of Topliss-reactive ketones (excluding diaryl/α,β-unsaturated/α-hetero) is 1. The molecular formula is C19H36O2Si. The van der Waals surface area contributed by atoms with Crippen molar-refractivity contribution in [3.63, 3.8) is 0 Å². The number of carbonyl (C=O) groups excluding carboxylic acids is 1. The third-order valence-corrected chi connectivity index (χ3v) is 11.9. The van der Waals surface area contributed by atoms with Crippen molar-refractivity contribution in [1.82, 2.24) is 0 Å². The van der Waals surface area contributed by atoms with E-state index in [2.05, 4.69) is 34.6 Å². The Labute approximate surface area is 138 Å². The third kappa shape index (κ3) is 3.21. The van der Waals surface area contributed by atoms with Gasteiger partial charge in [0, 0.05) is 18.9 Å². The number of hydrogen-bond acceptors (Lipinski definition) is 2. The Morgan fingerprint density at radius 1 is 1.23 bits per heavy atom. The second-order valence-corrected chi connectivity index (χ2v) is 12.9. The van der Waals surface area contributed by atoms with Crippen molar-refractivity contribution in [1.29, 1.82) is 0 Å². The first-order valence-corrected chi connectivity index (χ1v) is 12.1. The van der Waals surface area contributed by atoms with E-state index in [0.29, 0.717) is 23.5 Å². The van der Waals surface area contributed by atoms with Gasteiger partial charge in [-0.15, -0.1) is 0 Å². The zero-order valence-electron chi connectivity index (χ0n) is 15.4. The van der Waals surface area contributed by atoms with Crippen LogP contribution in [0.4, 0.5) is 0 Å². The van der Waals surface area contributed by atoms with E-state index in [-0.39, 0.29) is 5.41 Å². The summed E-state index contributed by atoms with van der Waals surface area (Å²) in [6, 6.07) is 3.70. The fourth-order valence-corrected chi connectivity index (χ4v) is 8.11. The molecule has 0 aromatic carbocycles. The highest BCUT2D eigenvalue weighted by Gasteiger charge is 2.52. The molecule has 0 saturated heterocycles. The van der Waals surface area contributed by atoms with Gasteiger partial charge in [0.1, 0.15) is 5.78 Å². The molecule has 4 atom stereocenters. The van der Waals surface area contributed by atoms with Crippen molar-refractivity contribution in [3.8, 4) is 0 Å². The summed E-state index contributed by atoms with van der Waals surface area (Å²) in [5, 5.41) is 0. The molecule has 0 aromatic heterocycles. The Bertz CT molecular complexity index is 383. The maximum absolute atomic E-state index is 12.3. The summed E-state index contributed by atoms with van der Waals surface area (Å²) < 4.78 is 6.56. The van der Waals surface area contributed by atoms with Crippen LogP contribution in [-0.2, 0) is 9.22 Å². The molecule has 0 heterocycles. The molecule has 0 radical (unpaired) electrons. The highest BCUT2D eigenvalue weighted by Crippen LogP contribution is 2.56. The standard InChI is InChI=1S/C19H36O2Si/c1-6-22(7-2,8-3)21-14-15(4)16-11-12-17-18(20)10-9-13-19(16,17)5/h15-17H,6-14H2,1-5H3/t15?,16-,17+,19-/m1/s1. The van der Waals surface area contributed by atoms with Crippen LogP contribution in [0, 0.1) is 23.2 Å². The van der Waals surface area contributed by atoms with Crippen molar-refractivity contribution >= 4 is 14.1 Å². The summed E-state index contributed by atoms with van der Waals surface area (Å²) in [7, 11) is -1.48. The van der Waals surface area contributed by atoms with E-state index in [4.69, 9.17) is 4.43 Å². The van der Waals surface area contributed by atoms with Crippen LogP contribution in [0.3, 0.4) is 0 Å². The average Bonchev–Trinajstić information content (AvgIpc) is 2.87. The van der Waals surface area contributed by atoms with Crippen LogP contribution in [-0.4, -0.2) is 20.7 Å². The van der Waals surface area contributed by atoms with Crippen LogP contribution in [0.1, 0.15) is 66.7 Å². The topological polar surface area (TPSA) is 26.3 Å². The first-order chi connectivity index (χ1) is 10.4. The molecule has 0 spiro atoms. The van der Waals surface area contributed by atoms with Gasteiger partial charge in [0.05, 0.1) is 0 Å². The van der Waals surface area contributed by atoms with Gasteiger partial charge in [-0.1, -0.05) is 34.6 Å². The molecule has 22 heavy (non-hydrogen) atoms. The lowest BCUT2D eigenvalue weighted by atomic mass is 9.62. The Balaban J connectivity index is 2.01. The van der Waals surface area contributed by atoms with Crippen LogP contribution in [0.5, 0.6) is 0 Å². The molecule has 0 aromatic rings. The van der Waals surface area contributed by atoms with E-state index in [9.17, 15) is 4.79 Å². The summed E-state index contributed by atoms with van der Waals surface area (Å²) >= 11 is 0. The van der Waals surface area contributed by atoms with Crippen LogP contribution in [0.2, 0.25) is 18.1 Å². The predicted octanol–water partition coefficient (Wildman–Crippen LogP) is 5.43. The zero-order chi connectivity index (χ0) is 16.4. The second-order valence-electron chi connectivity index (χ2n) is 8.09. The van der Waals surface area contributed by atoms with E-state index < -0.39 is 8.32 Å². The monoisotopic (exact) mass is 324 g/mol. The molecule has 128 valence electrons. The van der Waals surface area contributed by atoms with Gasteiger partial charge in [-0.3, -0.25) is 4.79 Å². The van der Waals surface area contributed by atoms with E-state index in [1.54, 1.807) is 0 Å². The van der Waals surface area contributed by atoms with Crippen molar-refractivity contribution in [2.24, 2.45) is 23.2 Å². The van der Waals surface area contributed by atoms with Gasteiger partial charge >= 0.3 is 0 Å². The maximum atomic E-state index is 12.3. The zero-order valence-corrected chi connectivity index (χ0v) is 16.4. The van der Waals surface area contributed by atoms with Crippen LogP contribution in [0.15, 0.2) is 0 Å². The van der Waals surface area contributed by atoms with Crippen molar-refractivity contribution < 1.29 is 9.22 Å². The number of ketones is 1. The molecular weight excluding hydrogens is 288 g/mol. The highest BCUT2D eigenvalue weighted by atomic mass is 28.4. The third-order valence-electron chi connectivity index (χ3n) is 7.21. The van der Waals surface area contributed by atoms with Crippen LogP contribution < -0.4 is 0 Å². The Kier molecular flexibility index (Phi) is 5.93. The van der Waals surface area contributed by atoms with E-state index in [0.717, 1.165) is 25.9 Å². The van der Waals surface area contributed by atoms with E-state index in [1.165, 1.54) is 31.0 Å². The Morgan fingerprint density at radius 2 is 1.86 bits per heavy atom. The number of carbonyl (C=O) groups is 1. The van der Waals surface area contributed by atoms with Gasteiger partial charge in [0.25, 0.3) is 0 Å². The smallest absolute Gasteiger partial charge is 0.191 e. The average molecular weight is 325 g/mol. The van der Waals surface area contributed by atoms with Gasteiger partial charge in [-0.05, 0) is 61.1 Å². The van der Waals surface area contributed by atoms with Gasteiger partial charge in [-0.25, -0.2) is 0 Å². The van der Waals surface area contributed by atoms with Crippen molar-refractivity contribution in [2.75, 3.05) is 6.61 Å². The Morgan fingerprint density at radius 3 is 2.45 bits per heavy atom. The molecule has 2 saturated carbocycles. The summed E-state index contributed by atoms with van der Waals surface area (Å²) in [4.78, 5) is 12.3. The lowest BCUT2D eigenvalue weighted by Gasteiger charge is -2.43. The lowest BCUT2D eigenvalue weighted by molar-refractivity contribution is -0.130. The number of rotatable bonds is 7. The van der Waals surface area contributed by atoms with Gasteiger partial charge in [0.2, 0.25) is 0 Å². The van der Waals surface area contributed by atoms with Gasteiger partial charge < -0.3 is 4.43 Å². The lowest BCUT2D eigenvalue weighted by Crippen LogP contribution is -2.42. The molecule has 0 aliphatic heterocycles. The van der Waals surface area contributed by atoms with E-state index >= 15 is 0 Å². The summed E-state index contributed by atoms with van der Waals surface area (Å²) in [5.74, 6) is 2.17. The minimum atomic E-state index is -1.48. The summed E-state index contributed by atoms with van der Waals surface area (Å²) in [6.07, 6.45) is 5.54. The molecule has 1 unspecified atom stereocenters. The maximum Gasteiger partial charge on any atom is 0.191 e. The molecule has 2 aliphatic carbocycles. The molecule has 0 N–H and O–H groups in total. The van der Waals surface area contributed by atoms with Crippen molar-refractivity contribution in [3.05, 3.63) is 0 Å². The number of fused-ring (bicyclic) bond motifs is 1. The molecule has 2 rings (SSSR count). The van der Waals surface area contributed by atoms with Gasteiger partial charge in [-0.2, -0.15) is 0 Å². The molecule has 0 bridgehead atoms. The van der Waals surface area contributed by atoms with Crippen LogP contribution >= 0.6 is 0 Å². The van der Waals surface area contributed by atoms with Crippen LogP contribution in [0.25, 0.3) is 0 Å². The fourth-order valence-electron chi connectivity index (χ4n) is 5.39. The molecule has 3 heteroatoms. The first kappa shape index (κ1) is 18.2. The molecule has 2 nitrogen and oxygen atoms in total.